The molecule has 6 heterocycles. The minimum Gasteiger partial charge on any atom is -0.394 e. The Kier molecular flexibility index (Phi) is 27.8. The van der Waals surface area contributed by atoms with Gasteiger partial charge >= 0.3 is 0 Å². The maximum Gasteiger partial charge on any atom is 0.188 e. The molecule has 0 aromatic rings. The fourth-order valence-corrected chi connectivity index (χ4v) is 10.7. The average Bonchev–Trinajstić information content (AvgIpc) is 1.04. The van der Waals surface area contributed by atoms with Gasteiger partial charge in [-0.3, -0.25) is 0 Å². The van der Waals surface area contributed by atoms with Crippen molar-refractivity contribution in [2.75, 3.05) is 33.0 Å². The summed E-state index contributed by atoms with van der Waals surface area (Å²) in [6, 6.07) is 0. The van der Waals surface area contributed by atoms with Crippen LogP contribution in [0.3, 0.4) is 0 Å². The second kappa shape index (κ2) is 32.9. The number of hydrogen-bond donors (Lipinski definition) is 18. The highest BCUT2D eigenvalue weighted by atomic mass is 16.8. The van der Waals surface area contributed by atoms with Crippen LogP contribution in [0.1, 0.15) is 80.1 Å². The fraction of sp³-hybridized carbons (Fsp3) is 0.857. The molecule has 30 nitrogen and oxygen atoms in total. The number of hydrogen-bond acceptors (Lipinski definition) is 30. The topological polar surface area (TPSA) is 475 Å². The zero-order valence-electron chi connectivity index (χ0n) is 49.1. The Morgan fingerprint density at radius 3 is 1.30 bits per heavy atom. The van der Waals surface area contributed by atoms with E-state index in [1.54, 1.807) is 13.8 Å². The first-order valence-corrected chi connectivity index (χ1v) is 29.0. The van der Waals surface area contributed by atoms with Gasteiger partial charge in [-0.25, -0.2) is 0 Å². The molecule has 18 N–H and O–H groups in total. The van der Waals surface area contributed by atoms with E-state index < -0.39 is 216 Å². The molecule has 31 atom stereocenters. The van der Waals surface area contributed by atoms with E-state index in [4.69, 9.17) is 56.8 Å². The van der Waals surface area contributed by atoms with Crippen LogP contribution in [0.15, 0.2) is 47.6 Å². The van der Waals surface area contributed by atoms with Crippen LogP contribution in [0.5, 0.6) is 0 Å². The Bertz CT molecular complexity index is 2160. The predicted molar refractivity (Wildman–Crippen MR) is 290 cm³/mol. The van der Waals surface area contributed by atoms with Crippen molar-refractivity contribution in [2.45, 2.75) is 270 Å². The molecule has 30 heteroatoms. The van der Waals surface area contributed by atoms with Crippen molar-refractivity contribution in [3.8, 4) is 0 Å². The number of aliphatic hydroxyl groups excluding tert-OH is 18. The van der Waals surface area contributed by atoms with Gasteiger partial charge in [-0.2, -0.15) is 0 Å². The molecule has 0 radical (unpaired) electrons. The molecule has 0 aromatic heterocycles. The van der Waals surface area contributed by atoms with Crippen molar-refractivity contribution in [3.05, 3.63) is 47.6 Å². The third-order valence-electron chi connectivity index (χ3n) is 16.5. The minimum absolute atomic E-state index is 0.173. The van der Waals surface area contributed by atoms with Crippen molar-refractivity contribution in [1.29, 1.82) is 0 Å². The monoisotopic (exact) mass is 1250 g/mol. The van der Waals surface area contributed by atoms with E-state index in [-0.39, 0.29) is 6.61 Å². The predicted octanol–water partition coefficient (Wildman–Crippen LogP) is -5.90. The number of ether oxygens (including phenoxy) is 12. The molecule has 6 aliphatic rings. The third kappa shape index (κ3) is 17.9. The van der Waals surface area contributed by atoms with Gasteiger partial charge in [0.05, 0.1) is 50.8 Å². The van der Waals surface area contributed by atoms with Gasteiger partial charge in [0.2, 0.25) is 0 Å². The van der Waals surface area contributed by atoms with Crippen molar-refractivity contribution in [3.63, 3.8) is 0 Å². The SMILES string of the molecule is C=CC(C)(CC/C=C(\C)CC/C=C(\C)CC/C=C(\C)CO[C@@H]1O[C@H](CO[C@@H]2O[C@@H](C)[C@H](O)[C@@H](O)[C@H]2O)[C@@H](O)[C@H](O[C@@H]2O[C@@H](C)[C@H](O)[C@@H](O)[C@H]2O)[C@H]1O[C@@H]1O[C@H](CO)[C@@H](O)[C@H](O)[C@H]1O)O[C@@H]1O[C@H](CO)[C@@H](O)[C@H](O)[C@H]1O[C@@H]1O[C@H](CO)[C@@H](O)[C@H](O)[C@H]1O. The molecule has 0 aromatic carbocycles. The van der Waals surface area contributed by atoms with Crippen LogP contribution in [0.25, 0.3) is 0 Å². The number of aliphatic hydroxyl groups is 18. The molecule has 86 heavy (non-hydrogen) atoms. The van der Waals surface area contributed by atoms with Crippen LogP contribution in [-0.4, -0.2) is 315 Å². The lowest BCUT2D eigenvalue weighted by atomic mass is 9.95. The molecule has 0 spiro atoms. The van der Waals surface area contributed by atoms with Gasteiger partial charge < -0.3 is 149 Å². The van der Waals surface area contributed by atoms with Crippen LogP contribution >= 0.6 is 0 Å². The van der Waals surface area contributed by atoms with Crippen molar-refractivity contribution >= 4 is 0 Å². The Hall–Kier alpha value is -2.24. The summed E-state index contributed by atoms with van der Waals surface area (Å²) < 4.78 is 70.9. The molecule has 0 bridgehead atoms. The Morgan fingerprint density at radius 2 is 0.802 bits per heavy atom. The summed E-state index contributed by atoms with van der Waals surface area (Å²) in [7, 11) is 0. The number of rotatable bonds is 27. The van der Waals surface area contributed by atoms with Crippen LogP contribution < -0.4 is 0 Å². The molecule has 6 rings (SSSR count). The molecule has 0 amide bonds. The minimum atomic E-state index is -1.97. The zero-order valence-corrected chi connectivity index (χ0v) is 49.1. The van der Waals surface area contributed by atoms with E-state index in [9.17, 15) is 91.9 Å². The summed E-state index contributed by atoms with van der Waals surface area (Å²) in [6.07, 6.45) is -38.1. The van der Waals surface area contributed by atoms with Gasteiger partial charge in [-0.15, -0.1) is 6.58 Å². The summed E-state index contributed by atoms with van der Waals surface area (Å²) >= 11 is 0. The van der Waals surface area contributed by atoms with Crippen molar-refractivity contribution < 1.29 is 149 Å². The van der Waals surface area contributed by atoms with Crippen molar-refractivity contribution in [2.24, 2.45) is 0 Å². The summed E-state index contributed by atoms with van der Waals surface area (Å²) in [5.74, 6) is 0. The maximum atomic E-state index is 12.0. The highest BCUT2D eigenvalue weighted by Gasteiger charge is 2.56. The molecule has 6 aliphatic heterocycles. The first-order chi connectivity index (χ1) is 40.6. The third-order valence-corrected chi connectivity index (χ3v) is 16.5. The van der Waals surface area contributed by atoms with Gasteiger partial charge in [-0.05, 0) is 80.1 Å². The van der Waals surface area contributed by atoms with Crippen LogP contribution in [0.2, 0.25) is 0 Å². The summed E-state index contributed by atoms with van der Waals surface area (Å²) in [5.41, 5.74) is 1.65. The lowest BCUT2D eigenvalue weighted by molar-refractivity contribution is -0.393. The molecule has 6 fully saturated rings. The lowest BCUT2D eigenvalue weighted by Crippen LogP contribution is -2.67. The first kappa shape index (κ1) is 72.8. The molecule has 0 aliphatic carbocycles. The van der Waals surface area contributed by atoms with E-state index in [1.807, 2.05) is 26.0 Å². The van der Waals surface area contributed by atoms with Crippen LogP contribution in [0.4, 0.5) is 0 Å². The molecule has 6 saturated heterocycles. The maximum absolute atomic E-state index is 12.0. The second-order valence-corrected chi connectivity index (χ2v) is 23.3. The van der Waals surface area contributed by atoms with Gasteiger partial charge in [-0.1, -0.05) is 41.0 Å². The Balaban J connectivity index is 1.09. The van der Waals surface area contributed by atoms with Crippen molar-refractivity contribution in [1.82, 2.24) is 0 Å². The molecular formula is C56H94O30. The van der Waals surface area contributed by atoms with Gasteiger partial charge in [0.1, 0.15) is 134 Å². The second-order valence-electron chi connectivity index (χ2n) is 23.3. The summed E-state index contributed by atoms with van der Waals surface area (Å²) in [6.45, 7) is 11.1. The molecule has 0 saturated carbocycles. The van der Waals surface area contributed by atoms with E-state index in [2.05, 4.69) is 12.7 Å². The van der Waals surface area contributed by atoms with E-state index in [1.165, 1.54) is 19.9 Å². The highest BCUT2D eigenvalue weighted by molar-refractivity contribution is 5.08. The summed E-state index contributed by atoms with van der Waals surface area (Å²) in [4.78, 5) is 0. The normalized spacial score (nSPS) is 45.6. The van der Waals surface area contributed by atoms with Crippen LogP contribution in [0, 0.1) is 0 Å². The zero-order chi connectivity index (χ0) is 63.6. The summed E-state index contributed by atoms with van der Waals surface area (Å²) in [5, 5.41) is 190. The quantitative estimate of drug-likeness (QED) is 0.0341. The first-order valence-electron chi connectivity index (χ1n) is 29.0. The fourth-order valence-electron chi connectivity index (χ4n) is 10.7. The number of allylic oxidation sites excluding steroid dienone is 5. The van der Waals surface area contributed by atoms with E-state index >= 15 is 0 Å². The largest absolute Gasteiger partial charge is 0.394 e. The molecule has 1 unspecified atom stereocenters. The van der Waals surface area contributed by atoms with Crippen LogP contribution in [-0.2, 0) is 56.8 Å². The van der Waals surface area contributed by atoms with E-state index in [0.29, 0.717) is 44.1 Å². The average molecular weight is 1250 g/mol. The van der Waals surface area contributed by atoms with E-state index in [0.717, 1.165) is 11.1 Å². The van der Waals surface area contributed by atoms with Gasteiger partial charge in [0.15, 0.2) is 37.7 Å². The molecular weight excluding hydrogens is 1150 g/mol. The molecule has 498 valence electrons. The Labute approximate surface area is 498 Å². The smallest absolute Gasteiger partial charge is 0.188 e. The Morgan fingerprint density at radius 1 is 0.407 bits per heavy atom. The highest BCUT2D eigenvalue weighted by Crippen LogP contribution is 2.37. The van der Waals surface area contributed by atoms with Gasteiger partial charge in [0, 0.05) is 0 Å². The van der Waals surface area contributed by atoms with Gasteiger partial charge in [0.25, 0.3) is 0 Å². The lowest BCUT2D eigenvalue weighted by Gasteiger charge is -2.49. The standard InChI is InChI=1S/C56H94O30/c1-8-56(7,86-55-48(42(70)36(64)30(20-59)81-55)84-52-45(73)40(68)34(62)28(18-57)79-52)17-11-16-24(3)13-9-12-23(2)14-10-15-25(4)21-75-54-49(85-53-46(74)41(69)35(63)29(19-58)80-53)47(83-51-44(72)39(67)33(61)27(6)78-51)37(65)31(82-54)22-76-50-43(71)38(66)32(60)26(5)77-50/h8,12,15-16,26-55,57-74H,1,9-11,13-14,17-22H2,2-7H3/b23-12+,24-16+,25-15+/t26-,27-,28+,29+,30+,31+,32-,33-,34+,35+,36+,37+,38+,39+,40-,41-,42-,43+,44+,45+,46+,47-,48+,49+,50+,51-,52-,53-,54+,55-,56?/m0/s1.